The van der Waals surface area contributed by atoms with Crippen molar-refractivity contribution in [3.8, 4) is 0 Å². The first-order valence-electron chi connectivity index (χ1n) is 10.3. The molecule has 0 unspecified atom stereocenters. The molecule has 3 aromatic rings. The molecule has 3 heterocycles. The minimum Gasteiger partial charge on any atom is -0.354 e. The van der Waals surface area contributed by atoms with Gasteiger partial charge in [-0.25, -0.2) is 9.67 Å². The molecule has 0 radical (unpaired) electrons. The van der Waals surface area contributed by atoms with E-state index in [1.165, 1.54) is 11.6 Å². The van der Waals surface area contributed by atoms with Crippen LogP contribution in [0.4, 0.5) is 10.2 Å². The SMILES string of the molecule is Fc1cccc(N2CCN(CCCCc3cn(Cc4ccccc4)nn3)CC2)n1. The van der Waals surface area contributed by atoms with Crippen LogP contribution in [0.2, 0.25) is 0 Å². The molecule has 1 fully saturated rings. The topological polar surface area (TPSA) is 50.1 Å². The number of anilines is 1. The highest BCUT2D eigenvalue weighted by molar-refractivity contribution is 5.38. The van der Waals surface area contributed by atoms with Crippen molar-refractivity contribution >= 4 is 5.82 Å². The van der Waals surface area contributed by atoms with Crippen LogP contribution in [-0.2, 0) is 13.0 Å². The number of aromatic nitrogens is 4. The van der Waals surface area contributed by atoms with Gasteiger partial charge in [-0.3, -0.25) is 4.90 Å². The summed E-state index contributed by atoms with van der Waals surface area (Å²) in [6.07, 6.45) is 5.26. The van der Waals surface area contributed by atoms with E-state index in [4.69, 9.17) is 0 Å². The highest BCUT2D eigenvalue weighted by atomic mass is 19.1. The third-order valence-electron chi connectivity index (χ3n) is 5.33. The van der Waals surface area contributed by atoms with Crippen LogP contribution in [0.3, 0.4) is 0 Å². The number of halogens is 1. The number of rotatable bonds is 8. The standard InChI is InChI=1S/C22H27FN6/c23-21-10-6-11-22(24-21)28-15-13-27(14-16-28)12-5-4-9-20-18-29(26-25-20)17-19-7-2-1-3-8-19/h1-3,6-8,10-11,18H,4-5,9,12-17H2. The molecule has 0 aliphatic carbocycles. The lowest BCUT2D eigenvalue weighted by Crippen LogP contribution is -2.47. The maximum Gasteiger partial charge on any atom is 0.214 e. The molecule has 1 aliphatic rings. The zero-order chi connectivity index (χ0) is 19.9. The van der Waals surface area contributed by atoms with E-state index in [2.05, 4.69) is 43.4 Å². The van der Waals surface area contributed by atoms with E-state index in [1.807, 2.05) is 28.9 Å². The molecule has 0 bridgehead atoms. The van der Waals surface area contributed by atoms with Gasteiger partial charge in [-0.2, -0.15) is 4.39 Å². The molecule has 0 amide bonds. The average molecular weight is 394 g/mol. The Kier molecular flexibility index (Phi) is 6.46. The van der Waals surface area contributed by atoms with Gasteiger partial charge >= 0.3 is 0 Å². The summed E-state index contributed by atoms with van der Waals surface area (Å²) in [5, 5.41) is 8.54. The lowest BCUT2D eigenvalue weighted by atomic mass is 10.2. The molecule has 7 heteroatoms. The molecule has 2 aromatic heterocycles. The Morgan fingerprint density at radius 3 is 2.52 bits per heavy atom. The van der Waals surface area contributed by atoms with Crippen molar-refractivity contribution in [3.05, 3.63) is 71.9 Å². The molecule has 1 aromatic carbocycles. The van der Waals surface area contributed by atoms with Crippen LogP contribution in [-0.4, -0.2) is 57.6 Å². The summed E-state index contributed by atoms with van der Waals surface area (Å²) in [6, 6.07) is 15.3. The Morgan fingerprint density at radius 1 is 0.897 bits per heavy atom. The van der Waals surface area contributed by atoms with E-state index in [1.54, 1.807) is 6.07 Å². The lowest BCUT2D eigenvalue weighted by Gasteiger charge is -2.35. The molecule has 1 saturated heterocycles. The van der Waals surface area contributed by atoms with Gasteiger partial charge in [0, 0.05) is 32.4 Å². The Balaban J connectivity index is 1.15. The second-order valence-corrected chi connectivity index (χ2v) is 7.50. The third kappa shape index (κ3) is 5.60. The minimum atomic E-state index is -0.411. The number of hydrogen-bond donors (Lipinski definition) is 0. The predicted molar refractivity (Wildman–Crippen MR) is 111 cm³/mol. The van der Waals surface area contributed by atoms with Crippen molar-refractivity contribution in [3.63, 3.8) is 0 Å². The van der Waals surface area contributed by atoms with Crippen molar-refractivity contribution in [2.24, 2.45) is 0 Å². The zero-order valence-corrected chi connectivity index (χ0v) is 16.6. The number of unbranched alkanes of at least 4 members (excludes halogenated alkanes) is 1. The summed E-state index contributed by atoms with van der Waals surface area (Å²) in [7, 11) is 0. The third-order valence-corrected chi connectivity index (χ3v) is 5.33. The first-order chi connectivity index (χ1) is 14.3. The molecule has 29 heavy (non-hydrogen) atoms. The van der Waals surface area contributed by atoms with Crippen molar-refractivity contribution in [2.45, 2.75) is 25.8 Å². The molecule has 1 aliphatic heterocycles. The van der Waals surface area contributed by atoms with Crippen LogP contribution in [0.1, 0.15) is 24.1 Å². The number of benzene rings is 1. The fraction of sp³-hybridized carbons (Fsp3) is 0.409. The van der Waals surface area contributed by atoms with E-state index in [0.717, 1.165) is 70.0 Å². The molecular formula is C22H27FN6. The van der Waals surface area contributed by atoms with Gasteiger partial charge < -0.3 is 4.90 Å². The Morgan fingerprint density at radius 2 is 1.72 bits per heavy atom. The molecular weight excluding hydrogens is 367 g/mol. The van der Waals surface area contributed by atoms with E-state index in [9.17, 15) is 4.39 Å². The summed E-state index contributed by atoms with van der Waals surface area (Å²) in [4.78, 5) is 8.62. The van der Waals surface area contributed by atoms with E-state index >= 15 is 0 Å². The Bertz CT molecular complexity index is 889. The zero-order valence-electron chi connectivity index (χ0n) is 16.6. The predicted octanol–water partition coefficient (Wildman–Crippen LogP) is 3.01. The number of aryl methyl sites for hydroxylation is 1. The number of nitrogens with zero attached hydrogens (tertiary/aromatic N) is 6. The maximum atomic E-state index is 13.3. The molecule has 0 atom stereocenters. The Labute approximate surface area is 171 Å². The van der Waals surface area contributed by atoms with Gasteiger partial charge in [0.25, 0.3) is 0 Å². The molecule has 0 N–H and O–H groups in total. The van der Waals surface area contributed by atoms with Crippen molar-refractivity contribution in [1.29, 1.82) is 0 Å². The monoisotopic (exact) mass is 394 g/mol. The summed E-state index contributed by atoms with van der Waals surface area (Å²) >= 11 is 0. The van der Waals surface area contributed by atoms with Crippen LogP contribution >= 0.6 is 0 Å². The second-order valence-electron chi connectivity index (χ2n) is 7.50. The number of pyridine rings is 1. The van der Waals surface area contributed by atoms with Gasteiger partial charge in [0.1, 0.15) is 5.82 Å². The average Bonchev–Trinajstić information content (AvgIpc) is 3.19. The van der Waals surface area contributed by atoms with Crippen LogP contribution in [0.5, 0.6) is 0 Å². The molecule has 152 valence electrons. The Hall–Kier alpha value is -2.80. The molecule has 6 nitrogen and oxygen atoms in total. The van der Waals surface area contributed by atoms with Gasteiger partial charge in [0.15, 0.2) is 0 Å². The van der Waals surface area contributed by atoms with Crippen LogP contribution in [0.15, 0.2) is 54.7 Å². The molecule has 0 spiro atoms. The van der Waals surface area contributed by atoms with Crippen molar-refractivity contribution < 1.29 is 4.39 Å². The van der Waals surface area contributed by atoms with Crippen molar-refractivity contribution in [2.75, 3.05) is 37.6 Å². The second kappa shape index (κ2) is 9.60. The highest BCUT2D eigenvalue weighted by Gasteiger charge is 2.17. The highest BCUT2D eigenvalue weighted by Crippen LogP contribution is 2.14. The number of hydrogen-bond acceptors (Lipinski definition) is 5. The van der Waals surface area contributed by atoms with Gasteiger partial charge in [-0.05, 0) is 43.5 Å². The van der Waals surface area contributed by atoms with Crippen molar-refractivity contribution in [1.82, 2.24) is 24.9 Å². The lowest BCUT2D eigenvalue weighted by molar-refractivity contribution is 0.252. The quantitative estimate of drug-likeness (QED) is 0.434. The van der Waals surface area contributed by atoms with E-state index < -0.39 is 5.95 Å². The maximum absolute atomic E-state index is 13.3. The molecule has 0 saturated carbocycles. The smallest absolute Gasteiger partial charge is 0.214 e. The fourth-order valence-electron chi connectivity index (χ4n) is 3.72. The van der Waals surface area contributed by atoms with E-state index in [-0.39, 0.29) is 0 Å². The fourth-order valence-corrected chi connectivity index (χ4v) is 3.72. The number of piperazine rings is 1. The summed E-state index contributed by atoms with van der Waals surface area (Å²) in [5.74, 6) is 0.328. The normalized spacial score (nSPS) is 15.0. The first kappa shape index (κ1) is 19.5. The van der Waals surface area contributed by atoms with Crippen LogP contribution in [0.25, 0.3) is 0 Å². The first-order valence-corrected chi connectivity index (χ1v) is 10.3. The van der Waals surface area contributed by atoms with Gasteiger partial charge in [0.05, 0.1) is 12.2 Å². The van der Waals surface area contributed by atoms with Gasteiger partial charge in [0.2, 0.25) is 5.95 Å². The van der Waals surface area contributed by atoms with Gasteiger partial charge in [-0.15, -0.1) is 5.10 Å². The van der Waals surface area contributed by atoms with E-state index in [0.29, 0.717) is 0 Å². The minimum absolute atomic E-state index is 0.411. The summed E-state index contributed by atoms with van der Waals surface area (Å²) in [5.41, 5.74) is 2.29. The van der Waals surface area contributed by atoms with Crippen LogP contribution in [0, 0.1) is 5.95 Å². The largest absolute Gasteiger partial charge is 0.354 e. The van der Waals surface area contributed by atoms with Gasteiger partial charge in [-0.1, -0.05) is 41.6 Å². The summed E-state index contributed by atoms with van der Waals surface area (Å²) < 4.78 is 15.2. The van der Waals surface area contributed by atoms with Crippen LogP contribution < -0.4 is 4.90 Å². The summed E-state index contributed by atoms with van der Waals surface area (Å²) in [6.45, 7) is 5.62. The molecule has 4 rings (SSSR count).